The van der Waals surface area contributed by atoms with Gasteiger partial charge < -0.3 is 10.2 Å². The van der Waals surface area contributed by atoms with Crippen molar-refractivity contribution in [3.05, 3.63) is 0 Å². The van der Waals surface area contributed by atoms with Crippen molar-refractivity contribution in [1.82, 2.24) is 4.90 Å². The first-order valence-corrected chi connectivity index (χ1v) is 4.78. The molecule has 2 atom stereocenters. The molecule has 0 radical (unpaired) electrons. The summed E-state index contributed by atoms with van der Waals surface area (Å²) in [4.78, 5) is 2.25. The molecule has 1 saturated heterocycles. The van der Waals surface area contributed by atoms with Crippen molar-refractivity contribution in [2.45, 2.75) is 38.3 Å². The van der Waals surface area contributed by atoms with E-state index >= 15 is 0 Å². The Morgan fingerprint density at radius 1 is 1.25 bits per heavy atom. The predicted molar refractivity (Wildman–Crippen MR) is 48.0 cm³/mol. The van der Waals surface area contributed by atoms with Crippen LogP contribution >= 0.6 is 0 Å². The molecule has 1 fully saturated rings. The number of aliphatic hydroxyl groups is 2. The summed E-state index contributed by atoms with van der Waals surface area (Å²) in [6.07, 6.45) is 3.17. The summed E-state index contributed by atoms with van der Waals surface area (Å²) in [5, 5.41) is 18.1. The maximum absolute atomic E-state index is 9.39. The molecule has 0 aromatic carbocycles. The van der Waals surface area contributed by atoms with E-state index in [-0.39, 0.29) is 12.6 Å². The van der Waals surface area contributed by atoms with Crippen molar-refractivity contribution in [3.8, 4) is 0 Å². The molecule has 0 aromatic heterocycles. The molecule has 2 N–H and O–H groups in total. The second kappa shape index (κ2) is 4.80. The van der Waals surface area contributed by atoms with Gasteiger partial charge in [0.1, 0.15) is 0 Å². The van der Waals surface area contributed by atoms with Crippen LogP contribution in [0, 0.1) is 0 Å². The highest BCUT2D eigenvalue weighted by molar-refractivity contribution is 4.76. The quantitative estimate of drug-likeness (QED) is 0.641. The van der Waals surface area contributed by atoms with Gasteiger partial charge in [0.15, 0.2) is 0 Å². The first-order valence-electron chi connectivity index (χ1n) is 4.78. The molecular formula is C9H19NO2. The zero-order valence-corrected chi connectivity index (χ0v) is 7.74. The van der Waals surface area contributed by atoms with Crippen molar-refractivity contribution < 1.29 is 10.2 Å². The molecule has 1 rings (SSSR count). The molecule has 3 nitrogen and oxygen atoms in total. The fraction of sp³-hybridized carbons (Fsp3) is 1.00. The van der Waals surface area contributed by atoms with Gasteiger partial charge in [0.05, 0.1) is 12.7 Å². The molecule has 0 amide bonds. The summed E-state index contributed by atoms with van der Waals surface area (Å²) in [5.41, 5.74) is 0. The second-order valence-electron chi connectivity index (χ2n) is 3.59. The molecule has 0 bridgehead atoms. The Morgan fingerprint density at radius 2 is 1.83 bits per heavy atom. The zero-order chi connectivity index (χ0) is 8.97. The van der Waals surface area contributed by atoms with Crippen LogP contribution in [-0.2, 0) is 0 Å². The van der Waals surface area contributed by atoms with Gasteiger partial charge in [0.25, 0.3) is 0 Å². The Balaban J connectivity index is 2.33. The van der Waals surface area contributed by atoms with Crippen LogP contribution in [0.2, 0.25) is 0 Å². The number of nitrogens with zero attached hydrogens (tertiary/aromatic N) is 1. The number of piperidine rings is 1. The lowest BCUT2D eigenvalue weighted by Crippen LogP contribution is -2.45. The van der Waals surface area contributed by atoms with E-state index in [1.807, 2.05) is 6.92 Å². The van der Waals surface area contributed by atoms with Crippen molar-refractivity contribution in [1.29, 1.82) is 0 Å². The van der Waals surface area contributed by atoms with Crippen LogP contribution in [0.5, 0.6) is 0 Å². The van der Waals surface area contributed by atoms with E-state index in [0.717, 1.165) is 13.1 Å². The van der Waals surface area contributed by atoms with Crippen LogP contribution < -0.4 is 0 Å². The third-order valence-corrected chi connectivity index (χ3v) is 2.71. The predicted octanol–water partition coefficient (Wildman–Crippen LogP) is 0.214. The van der Waals surface area contributed by atoms with Crippen LogP contribution in [-0.4, -0.2) is 47.0 Å². The average molecular weight is 173 g/mol. The minimum atomic E-state index is -0.580. The summed E-state index contributed by atoms with van der Waals surface area (Å²) in [6.45, 7) is 3.99. The van der Waals surface area contributed by atoms with E-state index in [1.165, 1.54) is 19.3 Å². The maximum atomic E-state index is 9.39. The first-order chi connectivity index (χ1) is 5.75. The summed E-state index contributed by atoms with van der Waals surface area (Å²) in [6, 6.07) is 0.107. The zero-order valence-electron chi connectivity index (χ0n) is 7.74. The highest BCUT2D eigenvalue weighted by Gasteiger charge is 2.22. The van der Waals surface area contributed by atoms with E-state index in [2.05, 4.69) is 4.90 Å². The average Bonchev–Trinajstić information content (AvgIpc) is 2.17. The molecule has 1 heterocycles. The monoisotopic (exact) mass is 173 g/mol. The lowest BCUT2D eigenvalue weighted by molar-refractivity contribution is 0.0116. The fourth-order valence-corrected chi connectivity index (χ4v) is 1.72. The normalized spacial score (nSPS) is 25.2. The van der Waals surface area contributed by atoms with Crippen LogP contribution in [0.4, 0.5) is 0 Å². The number of hydrogen-bond donors (Lipinski definition) is 2. The highest BCUT2D eigenvalue weighted by atomic mass is 16.3. The number of rotatable bonds is 3. The third kappa shape index (κ3) is 2.44. The van der Waals surface area contributed by atoms with E-state index in [1.54, 1.807) is 0 Å². The van der Waals surface area contributed by atoms with Gasteiger partial charge in [-0.2, -0.15) is 0 Å². The number of aliphatic hydroxyl groups excluding tert-OH is 2. The maximum Gasteiger partial charge on any atom is 0.0922 e. The van der Waals surface area contributed by atoms with E-state index in [0.29, 0.717) is 0 Å². The smallest absolute Gasteiger partial charge is 0.0922 e. The summed E-state index contributed by atoms with van der Waals surface area (Å²) in [7, 11) is 0. The molecule has 12 heavy (non-hydrogen) atoms. The molecule has 0 aliphatic carbocycles. The van der Waals surface area contributed by atoms with Crippen LogP contribution in [0.1, 0.15) is 26.2 Å². The third-order valence-electron chi connectivity index (χ3n) is 2.71. The molecule has 3 heteroatoms. The number of likely N-dealkylation sites (tertiary alicyclic amines) is 1. The van der Waals surface area contributed by atoms with Gasteiger partial charge in [-0.15, -0.1) is 0 Å². The van der Waals surface area contributed by atoms with Gasteiger partial charge in [-0.1, -0.05) is 6.42 Å². The van der Waals surface area contributed by atoms with Gasteiger partial charge in [0.2, 0.25) is 0 Å². The summed E-state index contributed by atoms with van der Waals surface area (Å²) >= 11 is 0. The minimum Gasteiger partial charge on any atom is -0.394 e. The SMILES string of the molecule is CC(C(O)CO)N1CCCCC1. The fourth-order valence-electron chi connectivity index (χ4n) is 1.72. The Labute approximate surface area is 74.0 Å². The molecule has 1 aliphatic heterocycles. The van der Waals surface area contributed by atoms with Crippen LogP contribution in [0.15, 0.2) is 0 Å². The number of hydrogen-bond acceptors (Lipinski definition) is 3. The van der Waals surface area contributed by atoms with Crippen molar-refractivity contribution >= 4 is 0 Å². The lowest BCUT2D eigenvalue weighted by Gasteiger charge is -2.34. The van der Waals surface area contributed by atoms with Gasteiger partial charge in [0, 0.05) is 6.04 Å². The minimum absolute atomic E-state index is 0.107. The second-order valence-corrected chi connectivity index (χ2v) is 3.59. The van der Waals surface area contributed by atoms with Gasteiger partial charge in [-0.3, -0.25) is 4.90 Å². The van der Waals surface area contributed by atoms with E-state index in [4.69, 9.17) is 5.11 Å². The first kappa shape index (κ1) is 9.96. The molecule has 72 valence electrons. The standard InChI is InChI=1S/C9H19NO2/c1-8(9(12)7-11)10-5-3-2-4-6-10/h8-9,11-12H,2-7H2,1H3. The van der Waals surface area contributed by atoms with Crippen molar-refractivity contribution in [2.75, 3.05) is 19.7 Å². The van der Waals surface area contributed by atoms with Crippen LogP contribution in [0.25, 0.3) is 0 Å². The largest absolute Gasteiger partial charge is 0.394 e. The lowest BCUT2D eigenvalue weighted by atomic mass is 10.1. The molecule has 0 saturated carbocycles. The van der Waals surface area contributed by atoms with Gasteiger partial charge in [-0.05, 0) is 32.9 Å². The Hall–Kier alpha value is -0.120. The topological polar surface area (TPSA) is 43.7 Å². The van der Waals surface area contributed by atoms with E-state index < -0.39 is 6.10 Å². The van der Waals surface area contributed by atoms with Crippen molar-refractivity contribution in [3.63, 3.8) is 0 Å². The Kier molecular flexibility index (Phi) is 3.98. The molecule has 0 spiro atoms. The summed E-state index contributed by atoms with van der Waals surface area (Å²) in [5.74, 6) is 0. The molecule has 0 aromatic rings. The Morgan fingerprint density at radius 3 is 2.33 bits per heavy atom. The Bertz CT molecular complexity index is 124. The van der Waals surface area contributed by atoms with Crippen molar-refractivity contribution in [2.24, 2.45) is 0 Å². The highest BCUT2D eigenvalue weighted by Crippen LogP contribution is 2.13. The molecule has 2 unspecified atom stereocenters. The molecular weight excluding hydrogens is 154 g/mol. The van der Waals surface area contributed by atoms with E-state index in [9.17, 15) is 5.11 Å². The van der Waals surface area contributed by atoms with Gasteiger partial charge >= 0.3 is 0 Å². The summed E-state index contributed by atoms with van der Waals surface area (Å²) < 4.78 is 0. The van der Waals surface area contributed by atoms with Crippen LogP contribution in [0.3, 0.4) is 0 Å². The molecule has 1 aliphatic rings. The van der Waals surface area contributed by atoms with Gasteiger partial charge in [-0.25, -0.2) is 0 Å².